The van der Waals surface area contributed by atoms with Gasteiger partial charge in [-0.25, -0.2) is 8.78 Å². The van der Waals surface area contributed by atoms with E-state index in [1.54, 1.807) is 6.92 Å². The Kier molecular flexibility index (Phi) is 7.28. The molecular weight excluding hydrogens is 190 g/mol. The lowest BCUT2D eigenvalue weighted by molar-refractivity contribution is -0.122. The van der Waals surface area contributed by atoms with Gasteiger partial charge in [0.05, 0.1) is 12.6 Å². The third-order valence-electron chi connectivity index (χ3n) is 1.80. The summed E-state index contributed by atoms with van der Waals surface area (Å²) in [6.45, 7) is 3.76. The molecular formula is C9H18F2N2O. The normalized spacial score (nSPS) is 12.9. The molecule has 0 aliphatic heterocycles. The largest absolute Gasteiger partial charge is 0.355 e. The zero-order valence-electron chi connectivity index (χ0n) is 8.65. The summed E-state index contributed by atoms with van der Waals surface area (Å²) in [5, 5.41) is 5.11. The Balaban J connectivity index is 3.54. The van der Waals surface area contributed by atoms with E-state index in [2.05, 4.69) is 10.6 Å². The van der Waals surface area contributed by atoms with Crippen LogP contribution in [0.15, 0.2) is 0 Å². The minimum atomic E-state index is -2.42. The van der Waals surface area contributed by atoms with Crippen LogP contribution < -0.4 is 10.6 Å². The molecule has 0 rings (SSSR count). The number of halogens is 2. The molecule has 1 unspecified atom stereocenters. The van der Waals surface area contributed by atoms with Crippen LogP contribution in [0.4, 0.5) is 8.78 Å². The number of unbranched alkanes of at least 4 members (excludes halogenated alkanes) is 1. The average molecular weight is 208 g/mol. The van der Waals surface area contributed by atoms with E-state index >= 15 is 0 Å². The van der Waals surface area contributed by atoms with E-state index in [1.807, 2.05) is 6.92 Å². The van der Waals surface area contributed by atoms with E-state index in [0.29, 0.717) is 6.54 Å². The summed E-state index contributed by atoms with van der Waals surface area (Å²) >= 11 is 0. The highest BCUT2D eigenvalue weighted by Gasteiger charge is 2.13. The molecule has 0 saturated heterocycles. The molecule has 2 N–H and O–H groups in total. The van der Waals surface area contributed by atoms with Gasteiger partial charge in [-0.1, -0.05) is 13.3 Å². The van der Waals surface area contributed by atoms with E-state index in [1.165, 1.54) is 0 Å². The molecule has 0 aromatic heterocycles. The highest BCUT2D eigenvalue weighted by molar-refractivity contribution is 5.81. The monoisotopic (exact) mass is 208 g/mol. The SMILES string of the molecule is CCCCNC(=O)C(C)NCC(F)F. The summed E-state index contributed by atoms with van der Waals surface area (Å²) in [6.07, 6.45) is -0.507. The Morgan fingerprint density at radius 2 is 2.07 bits per heavy atom. The van der Waals surface area contributed by atoms with Crippen molar-refractivity contribution in [3.05, 3.63) is 0 Å². The molecule has 5 heteroatoms. The van der Waals surface area contributed by atoms with Gasteiger partial charge < -0.3 is 10.6 Å². The average Bonchev–Trinajstić information content (AvgIpc) is 2.14. The van der Waals surface area contributed by atoms with Crippen molar-refractivity contribution in [3.8, 4) is 0 Å². The Hall–Kier alpha value is -0.710. The second-order valence-electron chi connectivity index (χ2n) is 3.17. The molecule has 0 aromatic carbocycles. The number of nitrogens with one attached hydrogen (secondary N) is 2. The molecule has 84 valence electrons. The predicted molar refractivity (Wildman–Crippen MR) is 51.4 cm³/mol. The lowest BCUT2D eigenvalue weighted by Crippen LogP contribution is -2.44. The smallest absolute Gasteiger partial charge is 0.250 e. The number of rotatable bonds is 7. The lowest BCUT2D eigenvalue weighted by atomic mass is 10.3. The first-order valence-corrected chi connectivity index (χ1v) is 4.87. The summed E-state index contributed by atoms with van der Waals surface area (Å²) in [6, 6.07) is -0.555. The predicted octanol–water partition coefficient (Wildman–Crippen LogP) is 1.15. The molecule has 0 aliphatic rings. The van der Waals surface area contributed by atoms with Crippen LogP contribution in [-0.2, 0) is 4.79 Å². The van der Waals surface area contributed by atoms with Crippen LogP contribution in [0, 0.1) is 0 Å². The van der Waals surface area contributed by atoms with E-state index < -0.39 is 19.0 Å². The molecule has 0 heterocycles. The van der Waals surface area contributed by atoms with Crippen molar-refractivity contribution in [1.29, 1.82) is 0 Å². The fraction of sp³-hybridized carbons (Fsp3) is 0.889. The summed E-state index contributed by atoms with van der Waals surface area (Å²) in [4.78, 5) is 11.2. The molecule has 0 bridgehead atoms. The van der Waals surface area contributed by atoms with Crippen LogP contribution in [0.25, 0.3) is 0 Å². The third kappa shape index (κ3) is 6.77. The highest BCUT2D eigenvalue weighted by atomic mass is 19.3. The van der Waals surface area contributed by atoms with Gasteiger partial charge in [-0.05, 0) is 13.3 Å². The summed E-state index contributed by atoms with van der Waals surface area (Å²) < 4.78 is 23.5. The zero-order valence-corrected chi connectivity index (χ0v) is 8.65. The molecule has 14 heavy (non-hydrogen) atoms. The Morgan fingerprint density at radius 3 is 2.57 bits per heavy atom. The van der Waals surface area contributed by atoms with Gasteiger partial charge in [-0.2, -0.15) is 0 Å². The lowest BCUT2D eigenvalue weighted by Gasteiger charge is -2.13. The van der Waals surface area contributed by atoms with Crippen molar-refractivity contribution in [2.75, 3.05) is 13.1 Å². The van der Waals surface area contributed by atoms with Crippen LogP contribution in [-0.4, -0.2) is 31.5 Å². The maximum atomic E-state index is 11.8. The number of carbonyl (C=O) groups is 1. The number of hydrogen-bond acceptors (Lipinski definition) is 2. The minimum absolute atomic E-state index is 0.223. The number of hydrogen-bond donors (Lipinski definition) is 2. The van der Waals surface area contributed by atoms with Gasteiger partial charge >= 0.3 is 0 Å². The molecule has 0 saturated carbocycles. The Morgan fingerprint density at radius 1 is 1.43 bits per heavy atom. The summed E-state index contributed by atoms with van der Waals surface area (Å²) in [5.41, 5.74) is 0. The van der Waals surface area contributed by atoms with Crippen LogP contribution in [0.1, 0.15) is 26.7 Å². The number of carbonyl (C=O) groups excluding carboxylic acids is 1. The van der Waals surface area contributed by atoms with Crippen molar-refractivity contribution in [1.82, 2.24) is 10.6 Å². The first-order chi connectivity index (χ1) is 6.57. The molecule has 1 amide bonds. The van der Waals surface area contributed by atoms with Crippen LogP contribution >= 0.6 is 0 Å². The fourth-order valence-electron chi connectivity index (χ4n) is 0.900. The zero-order chi connectivity index (χ0) is 11.0. The van der Waals surface area contributed by atoms with Crippen LogP contribution in [0.3, 0.4) is 0 Å². The quantitative estimate of drug-likeness (QED) is 0.616. The first kappa shape index (κ1) is 13.3. The number of amides is 1. The Labute approximate surface area is 83.3 Å². The summed E-state index contributed by atoms with van der Waals surface area (Å²) in [5.74, 6) is -0.223. The molecule has 0 aliphatic carbocycles. The second-order valence-corrected chi connectivity index (χ2v) is 3.17. The summed E-state index contributed by atoms with van der Waals surface area (Å²) in [7, 11) is 0. The first-order valence-electron chi connectivity index (χ1n) is 4.87. The second kappa shape index (κ2) is 7.67. The Bertz CT molecular complexity index is 165. The minimum Gasteiger partial charge on any atom is -0.355 e. The van der Waals surface area contributed by atoms with E-state index in [4.69, 9.17) is 0 Å². The molecule has 0 aromatic rings. The van der Waals surface area contributed by atoms with Crippen LogP contribution in [0.5, 0.6) is 0 Å². The van der Waals surface area contributed by atoms with Gasteiger partial charge in [0.1, 0.15) is 0 Å². The van der Waals surface area contributed by atoms with E-state index in [-0.39, 0.29) is 5.91 Å². The highest BCUT2D eigenvalue weighted by Crippen LogP contribution is 1.91. The van der Waals surface area contributed by atoms with Crippen molar-refractivity contribution in [2.24, 2.45) is 0 Å². The van der Waals surface area contributed by atoms with Crippen LogP contribution in [0.2, 0.25) is 0 Å². The standard InChI is InChI=1S/C9H18F2N2O/c1-3-4-5-12-9(14)7(2)13-6-8(10)11/h7-8,13H,3-6H2,1-2H3,(H,12,14). The van der Waals surface area contributed by atoms with Crippen molar-refractivity contribution >= 4 is 5.91 Å². The van der Waals surface area contributed by atoms with E-state index in [0.717, 1.165) is 12.8 Å². The fourth-order valence-corrected chi connectivity index (χ4v) is 0.900. The molecule has 3 nitrogen and oxygen atoms in total. The topological polar surface area (TPSA) is 41.1 Å². The van der Waals surface area contributed by atoms with Crippen molar-refractivity contribution < 1.29 is 13.6 Å². The van der Waals surface area contributed by atoms with Crippen molar-refractivity contribution in [2.45, 2.75) is 39.2 Å². The van der Waals surface area contributed by atoms with Gasteiger partial charge in [-0.15, -0.1) is 0 Å². The molecule has 0 spiro atoms. The van der Waals surface area contributed by atoms with Gasteiger partial charge in [0.15, 0.2) is 0 Å². The molecule has 1 atom stereocenters. The molecule has 0 radical (unpaired) electrons. The maximum absolute atomic E-state index is 11.8. The van der Waals surface area contributed by atoms with E-state index in [9.17, 15) is 13.6 Å². The third-order valence-corrected chi connectivity index (χ3v) is 1.80. The van der Waals surface area contributed by atoms with Gasteiger partial charge in [0.25, 0.3) is 6.43 Å². The number of alkyl halides is 2. The van der Waals surface area contributed by atoms with Gasteiger partial charge in [-0.3, -0.25) is 4.79 Å². The van der Waals surface area contributed by atoms with Gasteiger partial charge in [0.2, 0.25) is 5.91 Å². The molecule has 0 fully saturated rings. The maximum Gasteiger partial charge on any atom is 0.250 e. The van der Waals surface area contributed by atoms with Gasteiger partial charge in [0, 0.05) is 6.54 Å². The van der Waals surface area contributed by atoms with Crippen molar-refractivity contribution in [3.63, 3.8) is 0 Å².